The Balaban J connectivity index is 1.90. The van der Waals surface area contributed by atoms with Crippen LogP contribution in [0.15, 0.2) is 42.5 Å². The number of fused-ring (bicyclic) bond motifs is 1. The first kappa shape index (κ1) is 14.1. The predicted octanol–water partition coefficient (Wildman–Crippen LogP) is 3.06. The van der Waals surface area contributed by atoms with Gasteiger partial charge >= 0.3 is 0 Å². The molecule has 0 aliphatic carbocycles. The summed E-state index contributed by atoms with van der Waals surface area (Å²) in [6.07, 6.45) is 0.985. The van der Waals surface area contributed by atoms with E-state index in [0.717, 1.165) is 12.2 Å². The van der Waals surface area contributed by atoms with Crippen LogP contribution in [0, 0.1) is 19.8 Å². The lowest BCUT2D eigenvalue weighted by Gasteiger charge is -2.32. The number of nitrogens with one attached hydrogen (secondary N) is 1. The van der Waals surface area contributed by atoms with Crippen LogP contribution in [0.5, 0.6) is 5.75 Å². The number of hydrazine groups is 1. The van der Waals surface area contributed by atoms with Gasteiger partial charge < -0.3 is 4.74 Å². The third-order valence-electron chi connectivity index (χ3n) is 4.33. The molecule has 0 amide bonds. The fourth-order valence-corrected chi connectivity index (χ4v) is 3.14. The van der Waals surface area contributed by atoms with Crippen LogP contribution in [0.4, 0.5) is 0 Å². The van der Waals surface area contributed by atoms with Gasteiger partial charge in [0.05, 0.1) is 12.6 Å². The topological polar surface area (TPSA) is 47.3 Å². The second kappa shape index (κ2) is 5.88. The van der Waals surface area contributed by atoms with Crippen molar-refractivity contribution in [3.8, 4) is 5.75 Å². The molecule has 3 rings (SSSR count). The molecular formula is C18H22N2O. The van der Waals surface area contributed by atoms with Gasteiger partial charge in [0.15, 0.2) is 0 Å². The SMILES string of the molecule is Cc1ccc(C)c(C(NN)C2COc3ccccc3C2)c1. The Morgan fingerprint density at radius 2 is 2.00 bits per heavy atom. The highest BCUT2D eigenvalue weighted by Gasteiger charge is 2.28. The molecule has 110 valence electrons. The van der Waals surface area contributed by atoms with E-state index in [1.165, 1.54) is 22.3 Å². The molecule has 2 aromatic rings. The van der Waals surface area contributed by atoms with E-state index in [9.17, 15) is 0 Å². The van der Waals surface area contributed by atoms with Crippen LogP contribution >= 0.6 is 0 Å². The normalized spacial score (nSPS) is 18.7. The van der Waals surface area contributed by atoms with Crippen LogP contribution in [0.1, 0.15) is 28.3 Å². The number of nitrogens with two attached hydrogens (primary N) is 1. The number of ether oxygens (including phenoxy) is 1. The average Bonchev–Trinajstić information content (AvgIpc) is 2.51. The Bertz CT molecular complexity index is 639. The van der Waals surface area contributed by atoms with Crippen molar-refractivity contribution < 1.29 is 4.74 Å². The van der Waals surface area contributed by atoms with Gasteiger partial charge in [-0.25, -0.2) is 0 Å². The molecule has 21 heavy (non-hydrogen) atoms. The molecule has 0 bridgehead atoms. The fraction of sp³-hybridized carbons (Fsp3) is 0.333. The Labute approximate surface area is 126 Å². The van der Waals surface area contributed by atoms with Crippen molar-refractivity contribution in [2.24, 2.45) is 11.8 Å². The number of aryl methyl sites for hydroxylation is 2. The fourth-order valence-electron chi connectivity index (χ4n) is 3.14. The van der Waals surface area contributed by atoms with Gasteiger partial charge in [0.2, 0.25) is 0 Å². The lowest BCUT2D eigenvalue weighted by Crippen LogP contribution is -2.39. The van der Waals surface area contributed by atoms with E-state index in [1.54, 1.807) is 0 Å². The Morgan fingerprint density at radius 3 is 2.81 bits per heavy atom. The van der Waals surface area contributed by atoms with Crippen LogP contribution in [-0.4, -0.2) is 6.61 Å². The lowest BCUT2D eigenvalue weighted by molar-refractivity contribution is 0.184. The molecule has 1 heterocycles. The van der Waals surface area contributed by atoms with E-state index in [4.69, 9.17) is 10.6 Å². The highest BCUT2D eigenvalue weighted by molar-refractivity contribution is 5.37. The zero-order chi connectivity index (χ0) is 14.8. The van der Waals surface area contributed by atoms with Crippen molar-refractivity contribution in [1.29, 1.82) is 0 Å². The van der Waals surface area contributed by atoms with Crippen molar-refractivity contribution in [2.75, 3.05) is 6.61 Å². The third kappa shape index (κ3) is 2.80. The minimum atomic E-state index is 0.109. The Morgan fingerprint density at radius 1 is 1.19 bits per heavy atom. The summed E-state index contributed by atoms with van der Waals surface area (Å²) in [6, 6.07) is 14.9. The van der Waals surface area contributed by atoms with Crippen molar-refractivity contribution in [2.45, 2.75) is 26.3 Å². The minimum Gasteiger partial charge on any atom is -0.493 e. The standard InChI is InChI=1S/C18H22N2O/c1-12-7-8-13(2)16(9-12)18(20-19)15-10-14-5-3-4-6-17(14)21-11-15/h3-9,15,18,20H,10-11,19H2,1-2H3. The van der Waals surface area contributed by atoms with E-state index < -0.39 is 0 Å². The molecule has 2 atom stereocenters. The van der Waals surface area contributed by atoms with Crippen LogP contribution in [0.25, 0.3) is 0 Å². The number of hydrogen-bond acceptors (Lipinski definition) is 3. The van der Waals surface area contributed by atoms with Crippen molar-refractivity contribution >= 4 is 0 Å². The molecule has 3 heteroatoms. The van der Waals surface area contributed by atoms with Gasteiger partial charge in [0, 0.05) is 5.92 Å². The van der Waals surface area contributed by atoms with Crippen molar-refractivity contribution in [3.63, 3.8) is 0 Å². The first-order chi connectivity index (χ1) is 10.2. The summed E-state index contributed by atoms with van der Waals surface area (Å²) >= 11 is 0. The predicted molar refractivity (Wildman–Crippen MR) is 85.1 cm³/mol. The van der Waals surface area contributed by atoms with Crippen LogP contribution < -0.4 is 16.0 Å². The zero-order valence-electron chi connectivity index (χ0n) is 12.6. The molecule has 0 spiro atoms. The highest BCUT2D eigenvalue weighted by Crippen LogP contribution is 2.34. The molecule has 0 saturated carbocycles. The number of rotatable bonds is 3. The second-order valence-corrected chi connectivity index (χ2v) is 5.89. The Kier molecular flexibility index (Phi) is 3.95. The Hall–Kier alpha value is -1.84. The quantitative estimate of drug-likeness (QED) is 0.672. The van der Waals surface area contributed by atoms with Crippen LogP contribution in [0.2, 0.25) is 0 Å². The largest absolute Gasteiger partial charge is 0.493 e. The van der Waals surface area contributed by atoms with E-state index >= 15 is 0 Å². The van der Waals surface area contributed by atoms with Gasteiger partial charge in [-0.05, 0) is 43.0 Å². The molecule has 2 aromatic carbocycles. The summed E-state index contributed by atoms with van der Waals surface area (Å²) in [5.74, 6) is 7.21. The first-order valence-corrected chi connectivity index (χ1v) is 7.43. The maximum Gasteiger partial charge on any atom is 0.122 e. The van der Waals surface area contributed by atoms with Crippen LogP contribution in [-0.2, 0) is 6.42 Å². The molecule has 2 unspecified atom stereocenters. The van der Waals surface area contributed by atoms with Gasteiger partial charge in [-0.3, -0.25) is 11.3 Å². The lowest BCUT2D eigenvalue weighted by atomic mass is 9.85. The molecule has 1 aliphatic heterocycles. The van der Waals surface area contributed by atoms with Crippen molar-refractivity contribution in [1.82, 2.24) is 5.43 Å². The molecule has 3 nitrogen and oxygen atoms in total. The smallest absolute Gasteiger partial charge is 0.122 e. The number of para-hydroxylation sites is 1. The molecule has 0 saturated heterocycles. The van der Waals surface area contributed by atoms with E-state index in [1.807, 2.05) is 12.1 Å². The van der Waals surface area contributed by atoms with Crippen molar-refractivity contribution in [3.05, 3.63) is 64.7 Å². The monoisotopic (exact) mass is 282 g/mol. The molecular weight excluding hydrogens is 260 g/mol. The highest BCUT2D eigenvalue weighted by atomic mass is 16.5. The molecule has 1 aliphatic rings. The van der Waals surface area contributed by atoms with E-state index in [-0.39, 0.29) is 6.04 Å². The van der Waals surface area contributed by atoms with Gasteiger partial charge in [-0.2, -0.15) is 0 Å². The van der Waals surface area contributed by atoms with Gasteiger partial charge in [0.25, 0.3) is 0 Å². The molecule has 3 N–H and O–H groups in total. The summed E-state index contributed by atoms with van der Waals surface area (Å²) in [4.78, 5) is 0. The number of benzene rings is 2. The van der Waals surface area contributed by atoms with E-state index in [0.29, 0.717) is 12.5 Å². The maximum atomic E-state index is 5.91. The summed E-state index contributed by atoms with van der Waals surface area (Å²) in [5, 5.41) is 0. The summed E-state index contributed by atoms with van der Waals surface area (Å²) in [5.41, 5.74) is 8.06. The van der Waals surface area contributed by atoms with Gasteiger partial charge in [0.1, 0.15) is 5.75 Å². The van der Waals surface area contributed by atoms with Gasteiger partial charge in [-0.1, -0.05) is 42.0 Å². The number of hydrogen-bond donors (Lipinski definition) is 2. The molecule has 0 aromatic heterocycles. The second-order valence-electron chi connectivity index (χ2n) is 5.89. The maximum absolute atomic E-state index is 5.91. The van der Waals surface area contributed by atoms with Crippen LogP contribution in [0.3, 0.4) is 0 Å². The third-order valence-corrected chi connectivity index (χ3v) is 4.33. The summed E-state index contributed by atoms with van der Waals surface area (Å²) < 4.78 is 5.91. The zero-order valence-corrected chi connectivity index (χ0v) is 12.6. The average molecular weight is 282 g/mol. The summed E-state index contributed by atoms with van der Waals surface area (Å²) in [6.45, 7) is 4.94. The first-order valence-electron chi connectivity index (χ1n) is 7.43. The molecule has 0 radical (unpaired) electrons. The van der Waals surface area contributed by atoms with Gasteiger partial charge in [-0.15, -0.1) is 0 Å². The minimum absolute atomic E-state index is 0.109. The summed E-state index contributed by atoms with van der Waals surface area (Å²) in [7, 11) is 0. The van der Waals surface area contributed by atoms with E-state index in [2.05, 4.69) is 49.6 Å². The molecule has 0 fully saturated rings.